The number of anilines is 2. The number of carboxylic acids is 1. The van der Waals surface area contributed by atoms with E-state index in [9.17, 15) is 14.3 Å². The van der Waals surface area contributed by atoms with Gasteiger partial charge in [-0.15, -0.1) is 0 Å². The topological polar surface area (TPSA) is 65.9 Å². The second-order valence-corrected chi connectivity index (χ2v) is 13.4. The van der Waals surface area contributed by atoms with Crippen molar-refractivity contribution in [2.75, 3.05) is 36.5 Å². The van der Waals surface area contributed by atoms with E-state index in [4.69, 9.17) is 9.72 Å². The molecule has 1 fully saturated rings. The van der Waals surface area contributed by atoms with Gasteiger partial charge in [0.05, 0.1) is 11.3 Å². The van der Waals surface area contributed by atoms with Crippen molar-refractivity contribution in [3.8, 4) is 11.1 Å². The molecule has 0 saturated carbocycles. The fourth-order valence-electron chi connectivity index (χ4n) is 5.71. The second kappa shape index (κ2) is 12.4. The Labute approximate surface area is 250 Å². The predicted molar refractivity (Wildman–Crippen MR) is 169 cm³/mol. The minimum Gasteiger partial charge on any atom is -0.479 e. The van der Waals surface area contributed by atoms with Crippen molar-refractivity contribution in [3.05, 3.63) is 76.9 Å². The van der Waals surface area contributed by atoms with E-state index in [0.717, 1.165) is 72.7 Å². The summed E-state index contributed by atoms with van der Waals surface area (Å²) in [5.41, 5.74) is 6.81. The molecular weight excluding hydrogens is 529 g/mol. The number of pyridine rings is 1. The summed E-state index contributed by atoms with van der Waals surface area (Å²) in [6.45, 7) is 16.6. The number of aromatic nitrogens is 1. The Morgan fingerprint density at radius 1 is 1.05 bits per heavy atom. The van der Waals surface area contributed by atoms with Crippen LogP contribution in [0.15, 0.2) is 48.5 Å². The summed E-state index contributed by atoms with van der Waals surface area (Å²) >= 11 is 0. The fraction of sp³-hybridized carbons (Fsp3) is 0.486. The summed E-state index contributed by atoms with van der Waals surface area (Å²) in [6, 6.07) is 15.1. The average Bonchev–Trinajstić information content (AvgIpc) is 2.91. The molecule has 226 valence electrons. The number of aliphatic carboxylic acids is 1. The van der Waals surface area contributed by atoms with Crippen LogP contribution in [0.25, 0.3) is 11.1 Å². The molecule has 1 aliphatic rings. The largest absolute Gasteiger partial charge is 0.479 e. The van der Waals surface area contributed by atoms with Gasteiger partial charge in [-0.25, -0.2) is 9.18 Å². The van der Waals surface area contributed by atoms with Crippen LogP contribution in [0.3, 0.4) is 0 Å². The zero-order valence-corrected chi connectivity index (χ0v) is 26.4. The van der Waals surface area contributed by atoms with Crippen LogP contribution in [0.5, 0.6) is 0 Å². The zero-order chi connectivity index (χ0) is 30.8. The van der Waals surface area contributed by atoms with Crippen LogP contribution >= 0.6 is 0 Å². The number of piperidine rings is 1. The first kappa shape index (κ1) is 31.5. The van der Waals surface area contributed by atoms with Crippen LogP contribution < -0.4 is 9.80 Å². The van der Waals surface area contributed by atoms with Crippen molar-refractivity contribution >= 4 is 17.3 Å². The SMILES string of the molecule is Cc1nc(C)c([C@H](OC(C)(C)C)C(=O)O)c(N2CCC(C)(C)CC2)c1-c1ccc(N(C)CCc2ccc(F)cc2)cc1. The molecule has 0 bridgehead atoms. The first-order valence-corrected chi connectivity index (χ1v) is 14.9. The third-order valence-electron chi connectivity index (χ3n) is 8.22. The number of carbonyl (C=O) groups is 1. The summed E-state index contributed by atoms with van der Waals surface area (Å²) in [5.74, 6) is -1.24. The number of carboxylic acid groups (broad SMARTS) is 1. The number of ether oxygens (including phenoxy) is 1. The summed E-state index contributed by atoms with van der Waals surface area (Å²) in [4.78, 5) is 22.1. The number of halogens is 1. The van der Waals surface area contributed by atoms with Crippen molar-refractivity contribution in [2.45, 2.75) is 79.4 Å². The standard InChI is InChI=1S/C35H46FN3O3/c1-23-29(26-11-15-28(16-12-26)38(8)20-17-25-9-13-27(36)14-10-25)31(39-21-18-35(6,7)19-22-39)30(24(2)37-23)32(33(40)41)42-34(3,4)5/h9-16,32H,17-22H2,1-8H3,(H,40,41)/t32-/m0/s1. The molecule has 0 spiro atoms. The molecule has 1 aliphatic heterocycles. The van der Waals surface area contributed by atoms with Crippen LogP contribution in [0.4, 0.5) is 15.8 Å². The first-order chi connectivity index (χ1) is 19.6. The van der Waals surface area contributed by atoms with Gasteiger partial charge in [0, 0.05) is 54.9 Å². The molecule has 1 N–H and O–H groups in total. The molecule has 3 aromatic rings. The van der Waals surface area contributed by atoms with Gasteiger partial charge in [0.25, 0.3) is 0 Å². The lowest BCUT2D eigenvalue weighted by Gasteiger charge is -2.41. The Morgan fingerprint density at radius 3 is 2.19 bits per heavy atom. The van der Waals surface area contributed by atoms with Crippen LogP contribution in [0, 0.1) is 25.1 Å². The Balaban J connectivity index is 1.74. The molecular formula is C35H46FN3O3. The summed E-state index contributed by atoms with van der Waals surface area (Å²) in [6.07, 6.45) is 1.70. The molecule has 6 nitrogen and oxygen atoms in total. The average molecular weight is 576 g/mol. The van der Waals surface area contributed by atoms with Crippen molar-refractivity contribution in [3.63, 3.8) is 0 Å². The number of benzene rings is 2. The molecule has 7 heteroatoms. The maximum atomic E-state index is 13.3. The van der Waals surface area contributed by atoms with E-state index in [2.05, 4.69) is 55.0 Å². The molecule has 2 aromatic carbocycles. The van der Waals surface area contributed by atoms with Crippen LogP contribution in [0.1, 0.15) is 76.1 Å². The van der Waals surface area contributed by atoms with Gasteiger partial charge in [-0.1, -0.05) is 38.1 Å². The highest BCUT2D eigenvalue weighted by Gasteiger charge is 2.36. The Bertz CT molecular complexity index is 1380. The third kappa shape index (κ3) is 7.49. The summed E-state index contributed by atoms with van der Waals surface area (Å²) < 4.78 is 19.5. The molecule has 1 aromatic heterocycles. The Morgan fingerprint density at radius 2 is 1.64 bits per heavy atom. The van der Waals surface area contributed by atoms with E-state index in [1.165, 1.54) is 12.1 Å². The smallest absolute Gasteiger partial charge is 0.337 e. The second-order valence-electron chi connectivity index (χ2n) is 13.4. The predicted octanol–water partition coefficient (Wildman–Crippen LogP) is 7.75. The molecule has 0 radical (unpaired) electrons. The highest BCUT2D eigenvalue weighted by molar-refractivity contribution is 5.88. The van der Waals surface area contributed by atoms with Gasteiger partial charge in [0.15, 0.2) is 6.10 Å². The molecule has 1 saturated heterocycles. The van der Waals surface area contributed by atoms with Crippen LogP contribution in [-0.4, -0.2) is 48.3 Å². The van der Waals surface area contributed by atoms with Crippen molar-refractivity contribution < 1.29 is 19.0 Å². The summed E-state index contributed by atoms with van der Waals surface area (Å²) in [7, 11) is 2.05. The monoisotopic (exact) mass is 575 g/mol. The van der Waals surface area contributed by atoms with Gasteiger partial charge in [-0.05, 0) is 94.7 Å². The normalized spacial score (nSPS) is 15.9. The van der Waals surface area contributed by atoms with Gasteiger partial charge in [-0.2, -0.15) is 0 Å². The third-order valence-corrected chi connectivity index (χ3v) is 8.22. The molecule has 1 atom stereocenters. The molecule has 0 unspecified atom stereocenters. The lowest BCUT2D eigenvalue weighted by Crippen LogP contribution is -2.39. The quantitative estimate of drug-likeness (QED) is 0.281. The van der Waals surface area contributed by atoms with Crippen LogP contribution in [-0.2, 0) is 16.0 Å². The highest BCUT2D eigenvalue weighted by Crippen LogP contribution is 2.45. The first-order valence-electron chi connectivity index (χ1n) is 14.9. The Hall–Kier alpha value is -3.45. The number of hydrogen-bond donors (Lipinski definition) is 1. The van der Waals surface area contributed by atoms with E-state index < -0.39 is 17.7 Å². The van der Waals surface area contributed by atoms with Gasteiger partial charge < -0.3 is 19.6 Å². The van der Waals surface area contributed by atoms with E-state index in [0.29, 0.717) is 11.3 Å². The van der Waals surface area contributed by atoms with Gasteiger partial charge >= 0.3 is 5.97 Å². The zero-order valence-electron chi connectivity index (χ0n) is 26.4. The number of rotatable bonds is 9. The van der Waals surface area contributed by atoms with Crippen molar-refractivity contribution in [2.24, 2.45) is 5.41 Å². The molecule has 2 heterocycles. The highest BCUT2D eigenvalue weighted by atomic mass is 19.1. The van der Waals surface area contributed by atoms with Gasteiger partial charge in [-0.3, -0.25) is 4.98 Å². The minimum atomic E-state index is -1.14. The van der Waals surface area contributed by atoms with Crippen molar-refractivity contribution in [1.29, 1.82) is 0 Å². The van der Waals surface area contributed by atoms with E-state index in [1.807, 2.05) is 46.8 Å². The molecule has 0 amide bonds. The molecule has 4 rings (SSSR count). The van der Waals surface area contributed by atoms with E-state index in [1.54, 1.807) is 0 Å². The lowest BCUT2D eigenvalue weighted by molar-refractivity contribution is -0.160. The number of hydrogen-bond acceptors (Lipinski definition) is 5. The minimum absolute atomic E-state index is 0.223. The van der Waals surface area contributed by atoms with Gasteiger partial charge in [0.1, 0.15) is 5.82 Å². The maximum absolute atomic E-state index is 13.3. The number of nitrogens with zero attached hydrogens (tertiary/aromatic N) is 3. The maximum Gasteiger partial charge on any atom is 0.337 e. The van der Waals surface area contributed by atoms with Crippen LogP contribution in [0.2, 0.25) is 0 Å². The number of aryl methyl sites for hydroxylation is 2. The van der Waals surface area contributed by atoms with Gasteiger partial charge in [0.2, 0.25) is 0 Å². The van der Waals surface area contributed by atoms with E-state index >= 15 is 0 Å². The Kier molecular flexibility index (Phi) is 9.31. The number of likely N-dealkylation sites (N-methyl/N-ethyl adjacent to an activating group) is 1. The molecule has 42 heavy (non-hydrogen) atoms. The fourth-order valence-corrected chi connectivity index (χ4v) is 5.71. The molecule has 0 aliphatic carbocycles. The summed E-state index contributed by atoms with van der Waals surface area (Å²) in [5, 5.41) is 10.4. The van der Waals surface area contributed by atoms with Crippen molar-refractivity contribution in [1.82, 2.24) is 4.98 Å². The van der Waals surface area contributed by atoms with E-state index in [-0.39, 0.29) is 11.2 Å². The lowest BCUT2D eigenvalue weighted by atomic mass is 9.82.